The standard InChI is InChI=1S/C21H24N4O3/c1-4-15-6-8-16(9-7-15)14(3)22-20(26)13-28-21(27)17-10-11-19-18(12-17)23-24-25(19)5-2/h6-12,14H,4-5,13H2,1-3H3,(H,22,26)/t14-/m0/s1. The molecule has 0 unspecified atom stereocenters. The van der Waals surface area contributed by atoms with E-state index in [9.17, 15) is 9.59 Å². The molecule has 0 aliphatic heterocycles. The van der Waals surface area contributed by atoms with E-state index in [4.69, 9.17) is 4.74 Å². The van der Waals surface area contributed by atoms with Crippen LogP contribution in [0.5, 0.6) is 0 Å². The normalized spacial score (nSPS) is 12.0. The number of amides is 1. The van der Waals surface area contributed by atoms with Gasteiger partial charge in [-0.05, 0) is 49.6 Å². The average Bonchev–Trinajstić information content (AvgIpc) is 3.14. The first kappa shape index (κ1) is 19.5. The van der Waals surface area contributed by atoms with E-state index in [0.29, 0.717) is 17.6 Å². The molecule has 1 aromatic heterocycles. The summed E-state index contributed by atoms with van der Waals surface area (Å²) in [5.74, 6) is -0.915. The van der Waals surface area contributed by atoms with Gasteiger partial charge in [-0.1, -0.05) is 36.4 Å². The van der Waals surface area contributed by atoms with Gasteiger partial charge in [0, 0.05) is 6.54 Å². The predicted molar refractivity (Wildman–Crippen MR) is 106 cm³/mol. The Labute approximate surface area is 163 Å². The maximum absolute atomic E-state index is 12.2. The molecule has 0 radical (unpaired) electrons. The Hall–Kier alpha value is -3.22. The van der Waals surface area contributed by atoms with E-state index in [0.717, 1.165) is 17.5 Å². The lowest BCUT2D eigenvalue weighted by Gasteiger charge is -2.15. The molecule has 0 saturated carbocycles. The van der Waals surface area contributed by atoms with Crippen molar-refractivity contribution in [2.24, 2.45) is 0 Å². The number of ether oxygens (including phenoxy) is 1. The van der Waals surface area contributed by atoms with E-state index in [1.54, 1.807) is 22.9 Å². The van der Waals surface area contributed by atoms with E-state index in [1.165, 1.54) is 5.56 Å². The van der Waals surface area contributed by atoms with E-state index in [1.807, 2.05) is 38.1 Å². The minimum atomic E-state index is -0.567. The Kier molecular flexibility index (Phi) is 6.03. The Balaban J connectivity index is 1.55. The zero-order chi connectivity index (χ0) is 20.1. The van der Waals surface area contributed by atoms with E-state index in [2.05, 4.69) is 22.6 Å². The summed E-state index contributed by atoms with van der Waals surface area (Å²) in [6, 6.07) is 13.0. The van der Waals surface area contributed by atoms with E-state index < -0.39 is 5.97 Å². The molecule has 0 saturated heterocycles. The average molecular weight is 380 g/mol. The highest BCUT2D eigenvalue weighted by molar-refractivity contribution is 5.94. The molecule has 0 spiro atoms. The number of carbonyl (C=O) groups excluding carboxylic acids is 2. The smallest absolute Gasteiger partial charge is 0.338 e. The van der Waals surface area contributed by atoms with Crippen LogP contribution in [-0.2, 0) is 22.5 Å². The van der Waals surface area contributed by atoms with Gasteiger partial charge in [-0.15, -0.1) is 5.10 Å². The lowest BCUT2D eigenvalue weighted by molar-refractivity contribution is -0.124. The molecule has 3 aromatic rings. The van der Waals surface area contributed by atoms with Gasteiger partial charge in [-0.2, -0.15) is 0 Å². The van der Waals surface area contributed by atoms with Crippen LogP contribution < -0.4 is 5.32 Å². The molecule has 28 heavy (non-hydrogen) atoms. The van der Waals surface area contributed by atoms with Crippen molar-refractivity contribution in [3.63, 3.8) is 0 Å². The van der Waals surface area contributed by atoms with Gasteiger partial charge >= 0.3 is 5.97 Å². The Morgan fingerprint density at radius 2 is 1.89 bits per heavy atom. The molecule has 3 rings (SSSR count). The van der Waals surface area contributed by atoms with Crippen LogP contribution in [0.4, 0.5) is 0 Å². The molecule has 1 atom stereocenters. The molecule has 1 amide bonds. The van der Waals surface area contributed by atoms with Gasteiger partial charge in [0.2, 0.25) is 0 Å². The maximum Gasteiger partial charge on any atom is 0.338 e. The summed E-state index contributed by atoms with van der Waals surface area (Å²) in [6.07, 6.45) is 0.970. The van der Waals surface area contributed by atoms with Crippen LogP contribution in [0.25, 0.3) is 11.0 Å². The molecule has 1 heterocycles. The molecule has 0 aliphatic carbocycles. The van der Waals surface area contributed by atoms with Crippen LogP contribution in [-0.4, -0.2) is 33.5 Å². The van der Waals surface area contributed by atoms with Crippen LogP contribution >= 0.6 is 0 Å². The van der Waals surface area contributed by atoms with Crippen molar-refractivity contribution in [2.45, 2.75) is 39.8 Å². The third-order valence-electron chi connectivity index (χ3n) is 4.65. The fraction of sp³-hybridized carbons (Fsp3) is 0.333. The van der Waals surface area contributed by atoms with Crippen molar-refractivity contribution in [1.29, 1.82) is 0 Å². The first-order valence-corrected chi connectivity index (χ1v) is 9.40. The summed E-state index contributed by atoms with van der Waals surface area (Å²) in [5.41, 5.74) is 4.05. The number of nitrogens with zero attached hydrogens (tertiary/aromatic N) is 3. The second kappa shape index (κ2) is 8.65. The molecule has 7 nitrogen and oxygen atoms in total. The minimum absolute atomic E-state index is 0.169. The first-order valence-electron chi connectivity index (χ1n) is 9.40. The zero-order valence-electron chi connectivity index (χ0n) is 16.3. The number of aromatic nitrogens is 3. The number of rotatable bonds is 7. The molecule has 2 aromatic carbocycles. The minimum Gasteiger partial charge on any atom is -0.452 e. The molecule has 7 heteroatoms. The maximum atomic E-state index is 12.2. The fourth-order valence-electron chi connectivity index (χ4n) is 2.96. The molecule has 0 bridgehead atoms. The summed E-state index contributed by atoms with van der Waals surface area (Å²) in [7, 11) is 0. The fourth-order valence-corrected chi connectivity index (χ4v) is 2.96. The van der Waals surface area contributed by atoms with Gasteiger partial charge in [-0.25, -0.2) is 9.48 Å². The van der Waals surface area contributed by atoms with Gasteiger partial charge in [0.1, 0.15) is 5.52 Å². The van der Waals surface area contributed by atoms with Gasteiger partial charge in [-0.3, -0.25) is 4.79 Å². The lowest BCUT2D eigenvalue weighted by Crippen LogP contribution is -2.31. The van der Waals surface area contributed by atoms with Crippen LogP contribution in [0, 0.1) is 0 Å². The predicted octanol–water partition coefficient (Wildman–Crippen LogP) is 3.05. The Bertz CT molecular complexity index is 979. The Morgan fingerprint density at radius 1 is 1.14 bits per heavy atom. The summed E-state index contributed by atoms with van der Waals surface area (Å²) in [5, 5.41) is 10.9. The van der Waals surface area contributed by atoms with Gasteiger partial charge in [0.15, 0.2) is 6.61 Å². The largest absolute Gasteiger partial charge is 0.452 e. The van der Waals surface area contributed by atoms with Gasteiger partial charge < -0.3 is 10.1 Å². The summed E-state index contributed by atoms with van der Waals surface area (Å²) in [4.78, 5) is 24.4. The summed E-state index contributed by atoms with van der Waals surface area (Å²) >= 11 is 0. The molecule has 146 valence electrons. The highest BCUT2D eigenvalue weighted by Gasteiger charge is 2.14. The molecule has 1 N–H and O–H groups in total. The van der Waals surface area contributed by atoms with Crippen molar-refractivity contribution in [1.82, 2.24) is 20.3 Å². The number of benzene rings is 2. The molecule has 0 aliphatic rings. The third-order valence-corrected chi connectivity index (χ3v) is 4.65. The second-order valence-electron chi connectivity index (χ2n) is 6.57. The molecule has 0 fully saturated rings. The van der Waals surface area contributed by atoms with Gasteiger partial charge in [0.05, 0.1) is 17.1 Å². The summed E-state index contributed by atoms with van der Waals surface area (Å²) < 4.78 is 6.88. The highest BCUT2D eigenvalue weighted by atomic mass is 16.5. The van der Waals surface area contributed by atoms with Crippen molar-refractivity contribution < 1.29 is 14.3 Å². The number of hydrogen-bond donors (Lipinski definition) is 1. The molecular formula is C21H24N4O3. The van der Waals surface area contributed by atoms with Crippen LogP contribution in [0.15, 0.2) is 42.5 Å². The van der Waals surface area contributed by atoms with E-state index in [-0.39, 0.29) is 18.6 Å². The highest BCUT2D eigenvalue weighted by Crippen LogP contribution is 2.15. The third kappa shape index (κ3) is 4.36. The number of esters is 1. The quantitative estimate of drug-likeness (QED) is 0.637. The van der Waals surface area contributed by atoms with Crippen LogP contribution in [0.3, 0.4) is 0 Å². The van der Waals surface area contributed by atoms with Crippen LogP contribution in [0.1, 0.15) is 48.3 Å². The van der Waals surface area contributed by atoms with Crippen LogP contribution in [0.2, 0.25) is 0 Å². The van der Waals surface area contributed by atoms with E-state index >= 15 is 0 Å². The van der Waals surface area contributed by atoms with Crippen molar-refractivity contribution in [3.8, 4) is 0 Å². The number of aryl methyl sites for hydroxylation is 2. The van der Waals surface area contributed by atoms with Crippen molar-refractivity contribution >= 4 is 22.9 Å². The topological polar surface area (TPSA) is 86.1 Å². The summed E-state index contributed by atoms with van der Waals surface area (Å²) in [6.45, 7) is 6.31. The molecular weight excluding hydrogens is 356 g/mol. The van der Waals surface area contributed by atoms with Gasteiger partial charge in [0.25, 0.3) is 5.91 Å². The first-order chi connectivity index (χ1) is 13.5. The number of fused-ring (bicyclic) bond motifs is 1. The number of hydrogen-bond acceptors (Lipinski definition) is 5. The number of nitrogens with one attached hydrogen (secondary N) is 1. The lowest BCUT2D eigenvalue weighted by atomic mass is 10.1. The SMILES string of the molecule is CCc1ccc([C@H](C)NC(=O)COC(=O)c2ccc3c(c2)nnn3CC)cc1. The van der Waals surface area contributed by atoms with Crippen molar-refractivity contribution in [2.75, 3.05) is 6.61 Å². The monoisotopic (exact) mass is 380 g/mol. The second-order valence-corrected chi connectivity index (χ2v) is 6.57. The Morgan fingerprint density at radius 3 is 2.57 bits per heavy atom. The zero-order valence-corrected chi connectivity index (χ0v) is 16.3. The number of carbonyl (C=O) groups is 2. The van der Waals surface area contributed by atoms with Crippen molar-refractivity contribution in [3.05, 3.63) is 59.2 Å².